The molecule has 7 heteroatoms. The van der Waals surface area contributed by atoms with Gasteiger partial charge in [0.15, 0.2) is 5.82 Å². The number of urea groups is 1. The van der Waals surface area contributed by atoms with Crippen molar-refractivity contribution < 1.29 is 9.32 Å². The summed E-state index contributed by atoms with van der Waals surface area (Å²) in [5.41, 5.74) is 2.48. The maximum Gasteiger partial charge on any atom is 0.317 e. The number of benzene rings is 2. The minimum atomic E-state index is -0.0372. The molecule has 7 nitrogen and oxygen atoms in total. The van der Waals surface area contributed by atoms with Gasteiger partial charge in [0.25, 0.3) is 0 Å². The zero-order valence-corrected chi connectivity index (χ0v) is 18.4. The molecule has 1 atom stereocenters. The van der Waals surface area contributed by atoms with E-state index in [1.165, 1.54) is 11.1 Å². The lowest BCUT2D eigenvalue weighted by atomic mass is 9.71. The van der Waals surface area contributed by atoms with Crippen molar-refractivity contribution in [2.45, 2.75) is 25.8 Å². The Morgan fingerprint density at radius 2 is 1.75 bits per heavy atom. The molecule has 3 heterocycles. The molecule has 2 fully saturated rings. The number of aromatic nitrogens is 2. The molecule has 2 amide bonds. The predicted molar refractivity (Wildman–Crippen MR) is 121 cm³/mol. The second kappa shape index (κ2) is 8.74. The molecule has 2 aliphatic rings. The lowest BCUT2D eigenvalue weighted by molar-refractivity contribution is 0.0204. The maximum atomic E-state index is 12.7. The summed E-state index contributed by atoms with van der Waals surface area (Å²) in [5, 5.41) is 7.09. The van der Waals surface area contributed by atoms with Gasteiger partial charge in [-0.2, -0.15) is 4.98 Å². The first-order valence-corrected chi connectivity index (χ1v) is 11.2. The van der Waals surface area contributed by atoms with E-state index < -0.39 is 0 Å². The lowest BCUT2D eigenvalue weighted by Crippen LogP contribution is -2.63. The van der Waals surface area contributed by atoms with Gasteiger partial charge in [0.2, 0.25) is 5.89 Å². The molecule has 5 rings (SSSR count). The van der Waals surface area contributed by atoms with Crippen LogP contribution in [0.2, 0.25) is 0 Å². The third-order valence-electron chi connectivity index (χ3n) is 6.64. The van der Waals surface area contributed by atoms with Crippen LogP contribution in [0.1, 0.15) is 28.8 Å². The van der Waals surface area contributed by atoms with Gasteiger partial charge in [-0.25, -0.2) is 4.79 Å². The van der Waals surface area contributed by atoms with Crippen LogP contribution in [0, 0.1) is 12.3 Å². The molecule has 1 spiro atoms. The van der Waals surface area contributed by atoms with E-state index in [2.05, 4.69) is 56.8 Å². The van der Waals surface area contributed by atoms with E-state index >= 15 is 0 Å². The van der Waals surface area contributed by atoms with Gasteiger partial charge < -0.3 is 14.7 Å². The molecule has 2 saturated heterocycles. The van der Waals surface area contributed by atoms with Crippen LogP contribution < -0.4 is 5.32 Å². The van der Waals surface area contributed by atoms with Crippen LogP contribution in [0.15, 0.2) is 65.2 Å². The Bertz CT molecular complexity index is 1050. The highest BCUT2D eigenvalue weighted by Gasteiger charge is 2.57. The predicted octanol–water partition coefficient (Wildman–Crippen LogP) is 3.23. The van der Waals surface area contributed by atoms with Gasteiger partial charge in [-0.3, -0.25) is 4.90 Å². The molecule has 1 aromatic heterocycles. The summed E-state index contributed by atoms with van der Waals surface area (Å²) in [5.74, 6) is 1.49. The Labute approximate surface area is 188 Å². The van der Waals surface area contributed by atoms with Gasteiger partial charge in [-0.1, -0.05) is 65.8 Å². The van der Waals surface area contributed by atoms with Crippen molar-refractivity contribution in [1.82, 2.24) is 25.3 Å². The average molecular weight is 432 g/mol. The number of hydrogen-bond donors (Lipinski definition) is 1. The first-order valence-electron chi connectivity index (χ1n) is 11.2. The Hall–Kier alpha value is -3.19. The van der Waals surface area contributed by atoms with Gasteiger partial charge in [-0.15, -0.1) is 0 Å². The second-order valence-electron chi connectivity index (χ2n) is 9.07. The van der Waals surface area contributed by atoms with Crippen molar-refractivity contribution in [2.24, 2.45) is 5.41 Å². The molecule has 0 saturated carbocycles. The molecule has 3 aromatic rings. The van der Waals surface area contributed by atoms with Crippen molar-refractivity contribution in [3.05, 3.63) is 83.5 Å². The maximum absolute atomic E-state index is 12.7. The van der Waals surface area contributed by atoms with E-state index in [1.54, 1.807) is 0 Å². The lowest BCUT2D eigenvalue weighted by Gasteiger charge is -2.50. The minimum Gasteiger partial charge on any atom is -0.339 e. The monoisotopic (exact) mass is 431 g/mol. The number of aryl methyl sites for hydroxylation is 1. The summed E-state index contributed by atoms with van der Waals surface area (Å²) in [6.07, 6.45) is 0.834. The fraction of sp³-hybridized carbons (Fsp3) is 0.400. The highest BCUT2D eigenvalue weighted by Crippen LogP contribution is 2.49. The second-order valence-corrected chi connectivity index (χ2v) is 9.07. The van der Waals surface area contributed by atoms with Gasteiger partial charge in [-0.05, 0) is 24.5 Å². The van der Waals surface area contributed by atoms with E-state index in [4.69, 9.17) is 4.52 Å². The molecule has 0 aliphatic carbocycles. The van der Waals surface area contributed by atoms with Crippen molar-refractivity contribution in [2.75, 3.05) is 32.7 Å². The number of nitrogens with zero attached hydrogens (tertiary/aromatic N) is 4. The number of rotatable bonds is 6. The molecule has 1 N–H and O–H groups in total. The highest BCUT2D eigenvalue weighted by molar-refractivity contribution is 5.75. The van der Waals surface area contributed by atoms with E-state index in [0.717, 1.165) is 26.1 Å². The van der Waals surface area contributed by atoms with E-state index in [1.807, 2.05) is 36.1 Å². The fourth-order valence-electron chi connectivity index (χ4n) is 5.08. The summed E-state index contributed by atoms with van der Waals surface area (Å²) >= 11 is 0. The molecule has 166 valence electrons. The molecule has 1 unspecified atom stereocenters. The van der Waals surface area contributed by atoms with Crippen molar-refractivity contribution in [3.8, 4) is 0 Å². The van der Waals surface area contributed by atoms with Crippen LogP contribution in [0.3, 0.4) is 0 Å². The summed E-state index contributed by atoms with van der Waals surface area (Å²) in [7, 11) is 0. The first-order chi connectivity index (χ1) is 15.6. The summed E-state index contributed by atoms with van der Waals surface area (Å²) in [6, 6.07) is 20.7. The van der Waals surface area contributed by atoms with Gasteiger partial charge in [0.1, 0.15) is 0 Å². The third kappa shape index (κ3) is 4.25. The largest absolute Gasteiger partial charge is 0.339 e. The van der Waals surface area contributed by atoms with Gasteiger partial charge in [0, 0.05) is 44.7 Å². The van der Waals surface area contributed by atoms with Crippen LogP contribution in [0.4, 0.5) is 4.79 Å². The normalized spacial score (nSPS) is 19.8. The number of amides is 2. The van der Waals surface area contributed by atoms with Crippen LogP contribution >= 0.6 is 0 Å². The Balaban J connectivity index is 1.22. The fourth-order valence-corrected chi connectivity index (χ4v) is 5.08. The van der Waals surface area contributed by atoms with Crippen molar-refractivity contribution >= 4 is 6.03 Å². The van der Waals surface area contributed by atoms with Crippen LogP contribution in [0.25, 0.3) is 0 Å². The van der Waals surface area contributed by atoms with Crippen molar-refractivity contribution in [3.63, 3.8) is 0 Å². The third-order valence-corrected chi connectivity index (χ3v) is 6.64. The Kier molecular flexibility index (Phi) is 5.66. The summed E-state index contributed by atoms with van der Waals surface area (Å²) in [4.78, 5) is 21.6. The SMILES string of the molecule is Cc1noc(C2CN(Cc3ccccc3)CC23CN(C(=O)NCCc2ccccc2)C3)n1. The Morgan fingerprint density at radius 1 is 1.06 bits per heavy atom. The zero-order valence-electron chi connectivity index (χ0n) is 18.4. The number of likely N-dealkylation sites (tertiary alicyclic amines) is 2. The number of nitrogens with one attached hydrogen (secondary N) is 1. The van der Waals surface area contributed by atoms with Gasteiger partial charge >= 0.3 is 6.03 Å². The van der Waals surface area contributed by atoms with Gasteiger partial charge in [0.05, 0.1) is 5.92 Å². The van der Waals surface area contributed by atoms with Crippen LogP contribution in [-0.4, -0.2) is 58.7 Å². The first kappa shape index (κ1) is 20.7. The zero-order chi connectivity index (χ0) is 22.0. The molecule has 0 bridgehead atoms. The van der Waals surface area contributed by atoms with Crippen LogP contribution in [0.5, 0.6) is 0 Å². The van der Waals surface area contributed by atoms with E-state index in [9.17, 15) is 4.79 Å². The van der Waals surface area contributed by atoms with Crippen molar-refractivity contribution in [1.29, 1.82) is 0 Å². The molecular formula is C25H29N5O2. The van der Waals surface area contributed by atoms with Crippen LogP contribution in [-0.2, 0) is 13.0 Å². The summed E-state index contributed by atoms with van der Waals surface area (Å²) in [6.45, 7) is 6.57. The number of carbonyl (C=O) groups excluding carboxylic acids is 1. The number of hydrogen-bond acceptors (Lipinski definition) is 5. The smallest absolute Gasteiger partial charge is 0.317 e. The molecule has 0 radical (unpaired) electrons. The molecule has 2 aliphatic heterocycles. The molecule has 2 aromatic carbocycles. The van der Waals surface area contributed by atoms with E-state index in [-0.39, 0.29) is 17.4 Å². The minimum absolute atomic E-state index is 0.00789. The standard InChI is InChI=1S/C25H29N5O2/c1-19-27-23(32-28-19)22-15-29(14-21-10-6-3-7-11-21)16-25(22)17-30(18-25)24(31)26-13-12-20-8-4-2-5-9-20/h2-11,22H,12-18H2,1H3,(H,26,31). The topological polar surface area (TPSA) is 74.5 Å². The molecule has 32 heavy (non-hydrogen) atoms. The quantitative estimate of drug-likeness (QED) is 0.649. The summed E-state index contributed by atoms with van der Waals surface area (Å²) < 4.78 is 5.58. The Morgan fingerprint density at radius 3 is 2.41 bits per heavy atom. The highest BCUT2D eigenvalue weighted by atomic mass is 16.5. The average Bonchev–Trinajstić information content (AvgIpc) is 3.37. The number of carbonyl (C=O) groups is 1. The molecular weight excluding hydrogens is 402 g/mol. The van der Waals surface area contributed by atoms with E-state index in [0.29, 0.717) is 31.3 Å².